The fraction of sp³-hybridized carbons (Fsp3) is 0.320. The summed E-state index contributed by atoms with van der Waals surface area (Å²) in [4.78, 5) is 32.1. The Kier molecular flexibility index (Phi) is 5.63. The Morgan fingerprint density at radius 1 is 1.00 bits per heavy atom. The van der Waals surface area contributed by atoms with Crippen molar-refractivity contribution in [1.29, 1.82) is 0 Å². The third-order valence-electron chi connectivity index (χ3n) is 5.40. The zero-order valence-corrected chi connectivity index (χ0v) is 18.1. The van der Waals surface area contributed by atoms with Gasteiger partial charge in [0.05, 0.1) is 0 Å². The van der Waals surface area contributed by atoms with Crippen LogP contribution in [-0.2, 0) is 9.59 Å². The molecule has 0 spiro atoms. The minimum atomic E-state index is -0.535. The number of hydrogen-bond donors (Lipinski definition) is 1. The van der Waals surface area contributed by atoms with E-state index in [0.717, 1.165) is 17.5 Å². The first-order valence-electron chi connectivity index (χ1n) is 10.6. The van der Waals surface area contributed by atoms with Gasteiger partial charge in [0.2, 0.25) is 5.91 Å². The quantitative estimate of drug-likeness (QED) is 0.649. The van der Waals surface area contributed by atoms with Crippen molar-refractivity contribution in [2.45, 2.75) is 39.7 Å². The highest BCUT2D eigenvalue weighted by atomic mass is 16.4. The average molecular weight is 418 g/mol. The number of anilines is 1. The molecule has 1 atom stereocenters. The topological polar surface area (TPSA) is 75.4 Å². The second-order valence-corrected chi connectivity index (χ2v) is 8.82. The van der Waals surface area contributed by atoms with Crippen LogP contribution in [0.3, 0.4) is 0 Å². The van der Waals surface area contributed by atoms with E-state index in [2.05, 4.69) is 10.3 Å². The average Bonchev–Trinajstić information content (AvgIpc) is 3.41. The Labute approximate surface area is 182 Å². The summed E-state index contributed by atoms with van der Waals surface area (Å²) in [6, 6.07) is 19.0. The molecule has 6 nitrogen and oxygen atoms in total. The first kappa shape index (κ1) is 20.8. The van der Waals surface area contributed by atoms with Crippen LogP contribution in [0.25, 0.3) is 22.6 Å². The van der Waals surface area contributed by atoms with Crippen LogP contribution in [0, 0.1) is 5.41 Å². The number of aromatic nitrogens is 1. The number of carbonyl (C=O) groups excluding carboxylic acids is 2. The molecular weight excluding hydrogens is 390 g/mol. The molecule has 160 valence electrons. The van der Waals surface area contributed by atoms with Crippen LogP contribution in [0.4, 0.5) is 6.01 Å². The molecule has 0 aliphatic carbocycles. The van der Waals surface area contributed by atoms with Crippen LogP contribution in [0.15, 0.2) is 65.1 Å². The lowest BCUT2D eigenvalue weighted by molar-refractivity contribution is -0.143. The molecule has 1 aromatic heterocycles. The molecule has 4 rings (SSSR count). The van der Waals surface area contributed by atoms with Gasteiger partial charge in [-0.2, -0.15) is 4.98 Å². The molecule has 0 bridgehead atoms. The van der Waals surface area contributed by atoms with Crippen LogP contribution in [0.5, 0.6) is 0 Å². The van der Waals surface area contributed by atoms with Crippen molar-refractivity contribution in [2.24, 2.45) is 5.41 Å². The Balaban J connectivity index is 1.62. The van der Waals surface area contributed by atoms with Gasteiger partial charge in [0.15, 0.2) is 5.76 Å². The van der Waals surface area contributed by atoms with Gasteiger partial charge >= 0.3 is 6.01 Å². The maximum atomic E-state index is 13.0. The Bertz CT molecular complexity index is 1010. The summed E-state index contributed by atoms with van der Waals surface area (Å²) in [6.45, 7) is 6.20. The summed E-state index contributed by atoms with van der Waals surface area (Å²) in [5, 5.41) is 2.81. The number of carbonyl (C=O) groups is 2. The van der Waals surface area contributed by atoms with E-state index < -0.39 is 11.5 Å². The summed E-state index contributed by atoms with van der Waals surface area (Å²) < 4.78 is 6.00. The Morgan fingerprint density at radius 3 is 2.23 bits per heavy atom. The van der Waals surface area contributed by atoms with Crippen molar-refractivity contribution >= 4 is 17.8 Å². The summed E-state index contributed by atoms with van der Waals surface area (Å²) in [7, 11) is 0. The number of nitrogens with zero attached hydrogens (tertiary/aromatic N) is 2. The summed E-state index contributed by atoms with van der Waals surface area (Å²) >= 11 is 0. The van der Waals surface area contributed by atoms with E-state index in [-0.39, 0.29) is 17.8 Å². The van der Waals surface area contributed by atoms with Gasteiger partial charge in [0, 0.05) is 23.1 Å². The molecule has 1 fully saturated rings. The van der Waals surface area contributed by atoms with Crippen LogP contribution in [0.2, 0.25) is 0 Å². The maximum Gasteiger partial charge on any atom is 0.302 e. The standard InChI is InChI=1S/C25H27N3O3/c1-25(2,3)23(30)28-16-10-15-19(28)22(29)27-24-26-20(17-11-6-4-7-12-17)21(31-24)18-13-8-5-9-14-18/h4-9,11-14,19H,10,15-16H2,1-3H3,(H,26,27,29)/t19-/m0/s1. The molecule has 31 heavy (non-hydrogen) atoms. The molecule has 0 unspecified atom stereocenters. The van der Waals surface area contributed by atoms with Gasteiger partial charge < -0.3 is 9.32 Å². The lowest BCUT2D eigenvalue weighted by Gasteiger charge is -2.29. The summed E-state index contributed by atoms with van der Waals surface area (Å²) in [6.07, 6.45) is 1.43. The third-order valence-corrected chi connectivity index (χ3v) is 5.40. The van der Waals surface area contributed by atoms with Gasteiger partial charge in [-0.25, -0.2) is 0 Å². The number of hydrogen-bond acceptors (Lipinski definition) is 4. The van der Waals surface area contributed by atoms with Crippen molar-refractivity contribution in [2.75, 3.05) is 11.9 Å². The number of likely N-dealkylation sites (tertiary alicyclic amines) is 1. The molecule has 2 heterocycles. The SMILES string of the molecule is CC(C)(C)C(=O)N1CCC[C@H]1C(=O)Nc1nc(-c2ccccc2)c(-c2ccccc2)o1. The number of rotatable bonds is 4. The van der Waals surface area contributed by atoms with Crippen molar-refractivity contribution in [3.8, 4) is 22.6 Å². The van der Waals surface area contributed by atoms with Crippen molar-refractivity contribution in [1.82, 2.24) is 9.88 Å². The van der Waals surface area contributed by atoms with Gasteiger partial charge in [-0.05, 0) is 12.8 Å². The second-order valence-electron chi connectivity index (χ2n) is 8.82. The van der Waals surface area contributed by atoms with E-state index in [9.17, 15) is 9.59 Å². The zero-order chi connectivity index (χ0) is 22.0. The first-order chi connectivity index (χ1) is 14.8. The summed E-state index contributed by atoms with van der Waals surface area (Å²) in [5.74, 6) is 0.305. The Hall–Kier alpha value is -3.41. The molecule has 0 radical (unpaired) electrons. The van der Waals surface area contributed by atoms with Gasteiger partial charge in [-0.1, -0.05) is 81.4 Å². The minimum absolute atomic E-state index is 0.0208. The predicted octanol–water partition coefficient (Wildman–Crippen LogP) is 4.98. The number of benzene rings is 2. The highest BCUT2D eigenvalue weighted by molar-refractivity contribution is 5.97. The van der Waals surface area contributed by atoms with Gasteiger partial charge in [-0.3, -0.25) is 14.9 Å². The molecule has 1 saturated heterocycles. The van der Waals surface area contributed by atoms with Crippen LogP contribution in [-0.4, -0.2) is 34.3 Å². The molecule has 2 aromatic carbocycles. The van der Waals surface area contributed by atoms with Crippen molar-refractivity contribution in [3.05, 3.63) is 60.7 Å². The number of amides is 2. The smallest absolute Gasteiger partial charge is 0.302 e. The van der Waals surface area contributed by atoms with Crippen LogP contribution in [0.1, 0.15) is 33.6 Å². The van der Waals surface area contributed by atoms with Crippen LogP contribution < -0.4 is 5.32 Å². The summed E-state index contributed by atoms with van der Waals surface area (Å²) in [5.41, 5.74) is 1.90. The lowest BCUT2D eigenvalue weighted by atomic mass is 9.94. The van der Waals surface area contributed by atoms with E-state index in [0.29, 0.717) is 24.4 Å². The van der Waals surface area contributed by atoms with E-state index in [1.54, 1.807) is 4.90 Å². The van der Waals surface area contributed by atoms with E-state index in [1.807, 2.05) is 81.4 Å². The number of oxazole rings is 1. The largest absolute Gasteiger partial charge is 0.423 e. The molecule has 3 aromatic rings. The normalized spacial score (nSPS) is 16.4. The molecule has 2 amide bonds. The zero-order valence-electron chi connectivity index (χ0n) is 18.1. The molecule has 1 aliphatic heterocycles. The van der Waals surface area contributed by atoms with Gasteiger partial charge in [0.25, 0.3) is 5.91 Å². The first-order valence-corrected chi connectivity index (χ1v) is 10.6. The molecule has 0 saturated carbocycles. The lowest BCUT2D eigenvalue weighted by Crippen LogP contribution is -2.47. The molecular formula is C25H27N3O3. The van der Waals surface area contributed by atoms with Crippen LogP contribution >= 0.6 is 0 Å². The van der Waals surface area contributed by atoms with Crippen molar-refractivity contribution < 1.29 is 14.0 Å². The number of nitrogens with one attached hydrogen (secondary N) is 1. The molecule has 6 heteroatoms. The van der Waals surface area contributed by atoms with Crippen molar-refractivity contribution in [3.63, 3.8) is 0 Å². The van der Waals surface area contributed by atoms with Gasteiger partial charge in [0.1, 0.15) is 11.7 Å². The minimum Gasteiger partial charge on any atom is -0.423 e. The van der Waals surface area contributed by atoms with E-state index in [1.165, 1.54) is 0 Å². The highest BCUT2D eigenvalue weighted by Crippen LogP contribution is 2.34. The molecule has 1 N–H and O–H groups in total. The fourth-order valence-corrected chi connectivity index (χ4v) is 3.85. The third kappa shape index (κ3) is 4.38. The Morgan fingerprint density at radius 2 is 1.61 bits per heavy atom. The van der Waals surface area contributed by atoms with Gasteiger partial charge in [-0.15, -0.1) is 0 Å². The second kappa shape index (κ2) is 8.38. The maximum absolute atomic E-state index is 13.0. The molecule has 1 aliphatic rings. The highest BCUT2D eigenvalue weighted by Gasteiger charge is 2.39. The fourth-order valence-electron chi connectivity index (χ4n) is 3.85. The predicted molar refractivity (Wildman–Crippen MR) is 120 cm³/mol. The monoisotopic (exact) mass is 417 g/mol. The van der Waals surface area contributed by atoms with E-state index >= 15 is 0 Å². The van der Waals surface area contributed by atoms with E-state index in [4.69, 9.17) is 4.42 Å².